The Morgan fingerprint density at radius 2 is 1.92 bits per heavy atom. The minimum Gasteiger partial charge on any atom is -0.495 e. The van der Waals surface area contributed by atoms with Gasteiger partial charge in [0.25, 0.3) is 0 Å². The number of ether oxygens (including phenoxy) is 1. The molecule has 1 aromatic rings. The van der Waals surface area contributed by atoms with Crippen LogP contribution in [0.15, 0.2) is 18.2 Å². The van der Waals surface area contributed by atoms with E-state index in [0.717, 1.165) is 25.9 Å². The van der Waals surface area contributed by atoms with E-state index in [9.17, 15) is 9.59 Å². The van der Waals surface area contributed by atoms with Crippen LogP contribution in [0, 0.1) is 5.92 Å². The summed E-state index contributed by atoms with van der Waals surface area (Å²) in [4.78, 5) is 28.6. The van der Waals surface area contributed by atoms with Crippen LogP contribution in [0.4, 0.5) is 5.69 Å². The van der Waals surface area contributed by atoms with E-state index in [1.54, 1.807) is 25.3 Å². The van der Waals surface area contributed by atoms with Gasteiger partial charge < -0.3 is 15.0 Å². The molecule has 0 bridgehead atoms. The topological polar surface area (TPSA) is 61.9 Å². The van der Waals surface area contributed by atoms with Gasteiger partial charge >= 0.3 is 0 Å². The van der Waals surface area contributed by atoms with Gasteiger partial charge in [-0.25, -0.2) is 0 Å². The first-order chi connectivity index (χ1) is 12.0. The third kappa shape index (κ3) is 4.25. The maximum Gasteiger partial charge on any atom is 0.241 e. The molecule has 0 aromatic heterocycles. The molecule has 1 N–H and O–H groups in total. The maximum absolute atomic E-state index is 12.5. The standard InChI is InChI=1S/C18H24ClN3O3/c1-12(17(23)20-14-5-6-16(25-2)15(19)11-14)21-7-9-22(10-8-21)18(24)13-3-4-13/h5-6,11-13H,3-4,7-10H2,1-2H3,(H,20,23)/t12-/m0/s1. The number of carbonyl (C=O) groups excluding carboxylic acids is 2. The molecule has 2 aliphatic rings. The lowest BCUT2D eigenvalue weighted by Crippen LogP contribution is -2.54. The largest absolute Gasteiger partial charge is 0.495 e. The summed E-state index contributed by atoms with van der Waals surface area (Å²) in [5.41, 5.74) is 0.644. The van der Waals surface area contributed by atoms with Gasteiger partial charge in [-0.1, -0.05) is 11.6 Å². The lowest BCUT2D eigenvalue weighted by molar-refractivity contribution is -0.135. The molecule has 1 aliphatic carbocycles. The molecule has 1 atom stereocenters. The molecule has 3 rings (SSSR count). The first-order valence-electron chi connectivity index (χ1n) is 8.67. The highest BCUT2D eigenvalue weighted by Gasteiger charge is 2.35. The van der Waals surface area contributed by atoms with Crippen molar-refractivity contribution in [1.29, 1.82) is 0 Å². The number of carbonyl (C=O) groups is 2. The van der Waals surface area contributed by atoms with E-state index in [-0.39, 0.29) is 23.8 Å². The van der Waals surface area contributed by atoms with E-state index >= 15 is 0 Å². The monoisotopic (exact) mass is 365 g/mol. The Balaban J connectivity index is 1.52. The third-order valence-corrected chi connectivity index (χ3v) is 5.19. The predicted molar refractivity (Wildman–Crippen MR) is 97.0 cm³/mol. The van der Waals surface area contributed by atoms with Crippen molar-refractivity contribution in [2.75, 3.05) is 38.6 Å². The van der Waals surface area contributed by atoms with Gasteiger partial charge in [0, 0.05) is 37.8 Å². The molecule has 25 heavy (non-hydrogen) atoms. The number of nitrogens with one attached hydrogen (secondary N) is 1. The molecule has 1 heterocycles. The number of halogens is 1. The lowest BCUT2D eigenvalue weighted by atomic mass is 10.2. The summed E-state index contributed by atoms with van der Waals surface area (Å²) in [7, 11) is 1.55. The molecule has 1 saturated carbocycles. The Hall–Kier alpha value is -1.79. The molecular formula is C18H24ClN3O3. The molecule has 0 radical (unpaired) electrons. The Bertz CT molecular complexity index is 655. The number of nitrogens with zero attached hydrogens (tertiary/aromatic N) is 2. The highest BCUT2D eigenvalue weighted by atomic mass is 35.5. The third-order valence-electron chi connectivity index (χ3n) is 4.90. The molecule has 2 amide bonds. The molecular weight excluding hydrogens is 342 g/mol. The molecule has 1 saturated heterocycles. The van der Waals surface area contributed by atoms with Crippen LogP contribution in [0.1, 0.15) is 19.8 Å². The number of methoxy groups -OCH3 is 1. The van der Waals surface area contributed by atoms with Crippen molar-refractivity contribution in [3.63, 3.8) is 0 Å². The van der Waals surface area contributed by atoms with E-state index in [4.69, 9.17) is 16.3 Å². The van der Waals surface area contributed by atoms with Gasteiger partial charge in [0.05, 0.1) is 18.2 Å². The molecule has 6 nitrogen and oxygen atoms in total. The van der Waals surface area contributed by atoms with Crippen molar-refractivity contribution < 1.29 is 14.3 Å². The van der Waals surface area contributed by atoms with Crippen molar-refractivity contribution in [3.05, 3.63) is 23.2 Å². The van der Waals surface area contributed by atoms with Crippen LogP contribution in [0.3, 0.4) is 0 Å². The van der Waals surface area contributed by atoms with E-state index in [2.05, 4.69) is 10.2 Å². The normalized spacial score (nSPS) is 19.4. The molecule has 0 spiro atoms. The molecule has 2 fully saturated rings. The summed E-state index contributed by atoms with van der Waals surface area (Å²) in [6.07, 6.45) is 2.06. The van der Waals surface area contributed by atoms with Crippen LogP contribution < -0.4 is 10.1 Å². The van der Waals surface area contributed by atoms with Crippen molar-refractivity contribution in [1.82, 2.24) is 9.80 Å². The lowest BCUT2D eigenvalue weighted by Gasteiger charge is -2.37. The highest BCUT2D eigenvalue weighted by molar-refractivity contribution is 6.32. The first kappa shape index (κ1) is 18.0. The van der Waals surface area contributed by atoms with Gasteiger partial charge in [0.1, 0.15) is 5.75 Å². The Morgan fingerprint density at radius 1 is 1.24 bits per heavy atom. The number of piperazine rings is 1. The summed E-state index contributed by atoms with van der Waals surface area (Å²) in [5.74, 6) is 1.03. The fourth-order valence-electron chi connectivity index (χ4n) is 3.07. The van der Waals surface area contributed by atoms with Crippen molar-refractivity contribution in [2.45, 2.75) is 25.8 Å². The summed E-state index contributed by atoms with van der Waals surface area (Å²) < 4.78 is 5.11. The van der Waals surface area contributed by atoms with Crippen molar-refractivity contribution in [3.8, 4) is 5.75 Å². The van der Waals surface area contributed by atoms with E-state index in [0.29, 0.717) is 29.5 Å². The van der Waals surface area contributed by atoms with Crippen molar-refractivity contribution >= 4 is 29.1 Å². The minimum absolute atomic E-state index is 0.0804. The Labute approximate surface area is 153 Å². The molecule has 0 unspecified atom stereocenters. The highest BCUT2D eigenvalue weighted by Crippen LogP contribution is 2.31. The maximum atomic E-state index is 12.5. The van der Waals surface area contributed by atoms with E-state index in [1.165, 1.54) is 0 Å². The number of anilines is 1. The van der Waals surface area contributed by atoms with Crippen LogP contribution in [-0.4, -0.2) is 60.9 Å². The molecule has 136 valence electrons. The Kier molecular flexibility index (Phi) is 5.49. The van der Waals surface area contributed by atoms with Gasteiger partial charge in [-0.05, 0) is 38.0 Å². The van der Waals surface area contributed by atoms with Crippen LogP contribution in [0.2, 0.25) is 5.02 Å². The summed E-state index contributed by atoms with van der Waals surface area (Å²) >= 11 is 6.09. The summed E-state index contributed by atoms with van der Waals surface area (Å²) in [5, 5.41) is 3.35. The smallest absolute Gasteiger partial charge is 0.241 e. The average Bonchev–Trinajstić information content (AvgIpc) is 3.46. The second-order valence-corrected chi connectivity index (χ2v) is 7.06. The van der Waals surface area contributed by atoms with Crippen LogP contribution in [-0.2, 0) is 9.59 Å². The van der Waals surface area contributed by atoms with Gasteiger partial charge in [0.2, 0.25) is 11.8 Å². The second kappa shape index (κ2) is 7.62. The van der Waals surface area contributed by atoms with Gasteiger partial charge in [-0.15, -0.1) is 0 Å². The number of hydrogen-bond acceptors (Lipinski definition) is 4. The number of benzene rings is 1. The van der Waals surface area contributed by atoms with E-state index < -0.39 is 0 Å². The van der Waals surface area contributed by atoms with Crippen molar-refractivity contribution in [2.24, 2.45) is 5.92 Å². The van der Waals surface area contributed by atoms with E-state index in [1.807, 2.05) is 11.8 Å². The number of rotatable bonds is 5. The Morgan fingerprint density at radius 3 is 2.48 bits per heavy atom. The minimum atomic E-state index is -0.265. The number of amides is 2. The van der Waals surface area contributed by atoms with Crippen LogP contribution >= 0.6 is 11.6 Å². The van der Waals surface area contributed by atoms with Gasteiger partial charge in [0.15, 0.2) is 0 Å². The SMILES string of the molecule is COc1ccc(NC(=O)[C@H](C)N2CCN(C(=O)C3CC3)CC2)cc1Cl. The molecule has 1 aliphatic heterocycles. The summed E-state index contributed by atoms with van der Waals surface area (Å²) in [6.45, 7) is 4.72. The van der Waals surface area contributed by atoms with Crippen LogP contribution in [0.5, 0.6) is 5.75 Å². The zero-order chi connectivity index (χ0) is 18.0. The fraction of sp³-hybridized carbons (Fsp3) is 0.556. The quantitative estimate of drug-likeness (QED) is 0.869. The van der Waals surface area contributed by atoms with Gasteiger partial charge in [-0.2, -0.15) is 0 Å². The first-order valence-corrected chi connectivity index (χ1v) is 9.04. The fourth-order valence-corrected chi connectivity index (χ4v) is 3.33. The van der Waals surface area contributed by atoms with Crippen LogP contribution in [0.25, 0.3) is 0 Å². The second-order valence-electron chi connectivity index (χ2n) is 6.65. The predicted octanol–water partition coefficient (Wildman–Crippen LogP) is 2.23. The van der Waals surface area contributed by atoms with Gasteiger partial charge in [-0.3, -0.25) is 14.5 Å². The summed E-state index contributed by atoms with van der Waals surface area (Å²) in [6, 6.07) is 4.91. The average molecular weight is 366 g/mol. The molecule has 1 aromatic carbocycles. The zero-order valence-electron chi connectivity index (χ0n) is 14.6. The number of hydrogen-bond donors (Lipinski definition) is 1. The zero-order valence-corrected chi connectivity index (χ0v) is 15.4. The molecule has 7 heteroatoms.